The molecule has 0 spiro atoms. The van der Waals surface area contributed by atoms with Gasteiger partial charge in [-0.25, -0.2) is 0 Å². The monoisotopic (exact) mass is 370 g/mol. The van der Waals surface area contributed by atoms with Crippen LogP contribution in [-0.4, -0.2) is 78.4 Å². The molecule has 1 rings (SSSR count). The van der Waals surface area contributed by atoms with Crippen LogP contribution in [0, 0.1) is 0 Å². The van der Waals surface area contributed by atoms with E-state index in [1.807, 2.05) is 30.6 Å². The Bertz CT molecular complexity index is 344. The van der Waals surface area contributed by atoms with Crippen LogP contribution in [-0.2, 0) is 9.59 Å². The van der Waals surface area contributed by atoms with Crippen molar-refractivity contribution in [3.8, 4) is 0 Å². The van der Waals surface area contributed by atoms with Crippen LogP contribution in [0.4, 0.5) is 0 Å². The number of hydrogen-bond donors (Lipinski definition) is 1. The molecule has 1 unspecified atom stereocenters. The van der Waals surface area contributed by atoms with Gasteiger partial charge in [0.05, 0.1) is 6.54 Å². The van der Waals surface area contributed by atoms with Gasteiger partial charge in [0.1, 0.15) is 0 Å². The van der Waals surface area contributed by atoms with Crippen LogP contribution >= 0.6 is 24.8 Å². The number of nitrogens with zero attached hydrogens (tertiary/aromatic N) is 3. The average molecular weight is 371 g/mol. The second-order valence-corrected chi connectivity index (χ2v) is 5.74. The number of hydrogen-bond acceptors (Lipinski definition) is 4. The molecule has 1 saturated heterocycles. The lowest BCUT2D eigenvalue weighted by Gasteiger charge is -2.35. The van der Waals surface area contributed by atoms with Crippen LogP contribution < -0.4 is 5.73 Å². The van der Waals surface area contributed by atoms with Crippen molar-refractivity contribution < 1.29 is 9.59 Å². The Labute approximate surface area is 152 Å². The van der Waals surface area contributed by atoms with Gasteiger partial charge in [-0.1, -0.05) is 0 Å². The van der Waals surface area contributed by atoms with Crippen molar-refractivity contribution in [3.63, 3.8) is 0 Å². The summed E-state index contributed by atoms with van der Waals surface area (Å²) in [6, 6.07) is 0.0712. The highest BCUT2D eigenvalue weighted by Crippen LogP contribution is 2.06. The van der Waals surface area contributed by atoms with Crippen LogP contribution in [0.5, 0.6) is 0 Å². The minimum Gasteiger partial charge on any atom is -0.342 e. The Morgan fingerprint density at radius 2 is 1.61 bits per heavy atom. The predicted octanol–water partition coefficient (Wildman–Crippen LogP) is 0.970. The number of rotatable bonds is 7. The lowest BCUT2D eigenvalue weighted by molar-refractivity contribution is -0.135. The zero-order valence-corrected chi connectivity index (χ0v) is 16.1. The molecule has 0 saturated carbocycles. The molecule has 1 aliphatic rings. The van der Waals surface area contributed by atoms with Crippen molar-refractivity contribution in [2.45, 2.75) is 39.7 Å². The fourth-order valence-corrected chi connectivity index (χ4v) is 2.53. The molecule has 0 aromatic heterocycles. The van der Waals surface area contributed by atoms with Crippen LogP contribution in [0.1, 0.15) is 33.6 Å². The van der Waals surface area contributed by atoms with E-state index in [0.29, 0.717) is 26.1 Å². The maximum absolute atomic E-state index is 12.1. The molecule has 0 aliphatic carbocycles. The highest BCUT2D eigenvalue weighted by Gasteiger charge is 2.23. The third-order valence-corrected chi connectivity index (χ3v) is 4.01. The van der Waals surface area contributed by atoms with Gasteiger partial charge in [-0.3, -0.25) is 14.5 Å². The molecule has 0 aromatic carbocycles. The first-order valence-electron chi connectivity index (χ1n) is 8.01. The molecule has 0 bridgehead atoms. The highest BCUT2D eigenvalue weighted by molar-refractivity contribution is 5.85. The summed E-state index contributed by atoms with van der Waals surface area (Å²) < 4.78 is 0. The number of piperazine rings is 1. The van der Waals surface area contributed by atoms with Gasteiger partial charge in [-0.2, -0.15) is 0 Å². The zero-order chi connectivity index (χ0) is 15.8. The van der Waals surface area contributed by atoms with E-state index in [0.717, 1.165) is 32.6 Å². The molecule has 1 fully saturated rings. The topological polar surface area (TPSA) is 69.9 Å². The quantitative estimate of drug-likeness (QED) is 0.724. The molecule has 8 heteroatoms. The van der Waals surface area contributed by atoms with Crippen molar-refractivity contribution >= 4 is 36.6 Å². The molecular formula is C15H32Cl2N4O2. The molecule has 138 valence electrons. The number of amides is 2. The Hall–Kier alpha value is -0.560. The fourth-order valence-electron chi connectivity index (χ4n) is 2.53. The Morgan fingerprint density at radius 1 is 1.09 bits per heavy atom. The summed E-state index contributed by atoms with van der Waals surface area (Å²) in [6.45, 7) is 10.9. The van der Waals surface area contributed by atoms with E-state index in [-0.39, 0.29) is 42.7 Å². The van der Waals surface area contributed by atoms with E-state index in [1.54, 1.807) is 0 Å². The molecule has 0 aromatic rings. The number of likely N-dealkylation sites (N-methyl/N-ethyl adjacent to an activating group) is 1. The van der Waals surface area contributed by atoms with Gasteiger partial charge in [-0.05, 0) is 27.2 Å². The minimum atomic E-state index is 0. The number of halogens is 2. The maximum Gasteiger partial charge on any atom is 0.236 e. The largest absolute Gasteiger partial charge is 0.342 e. The molecule has 23 heavy (non-hydrogen) atoms. The summed E-state index contributed by atoms with van der Waals surface area (Å²) in [4.78, 5) is 29.9. The van der Waals surface area contributed by atoms with Gasteiger partial charge >= 0.3 is 0 Å². The van der Waals surface area contributed by atoms with E-state index in [4.69, 9.17) is 5.73 Å². The summed E-state index contributed by atoms with van der Waals surface area (Å²) in [6.07, 6.45) is 1.26. The number of carbonyl (C=O) groups excluding carboxylic acids is 2. The Balaban J connectivity index is 0. The van der Waals surface area contributed by atoms with E-state index in [9.17, 15) is 9.59 Å². The SMILES string of the molecule is CCN(CC)C(=O)CN1CCN(C(=O)CCC(C)N)CC1.Cl.Cl. The lowest BCUT2D eigenvalue weighted by atomic mass is 10.1. The number of carbonyl (C=O) groups is 2. The molecule has 1 heterocycles. The summed E-state index contributed by atoms with van der Waals surface area (Å²) in [5, 5.41) is 0. The summed E-state index contributed by atoms with van der Waals surface area (Å²) >= 11 is 0. The van der Waals surface area contributed by atoms with Gasteiger partial charge in [0.25, 0.3) is 0 Å². The molecule has 2 amide bonds. The highest BCUT2D eigenvalue weighted by atomic mass is 35.5. The van der Waals surface area contributed by atoms with Crippen molar-refractivity contribution in [2.75, 3.05) is 45.8 Å². The van der Waals surface area contributed by atoms with E-state index >= 15 is 0 Å². The fraction of sp³-hybridized carbons (Fsp3) is 0.867. The molecule has 2 N–H and O–H groups in total. The van der Waals surface area contributed by atoms with Gasteiger partial charge in [-0.15, -0.1) is 24.8 Å². The summed E-state index contributed by atoms with van der Waals surface area (Å²) in [7, 11) is 0. The standard InChI is InChI=1S/C15H30N4O2.2ClH/c1-4-18(5-2)15(21)12-17-8-10-19(11-9-17)14(20)7-6-13(3)16;;/h13H,4-12,16H2,1-3H3;2*1H. The van der Waals surface area contributed by atoms with Crippen LogP contribution in [0.3, 0.4) is 0 Å². The van der Waals surface area contributed by atoms with Crippen molar-refractivity contribution in [1.29, 1.82) is 0 Å². The molecular weight excluding hydrogens is 339 g/mol. The van der Waals surface area contributed by atoms with E-state index in [2.05, 4.69) is 4.90 Å². The third kappa shape index (κ3) is 8.74. The first kappa shape index (κ1) is 24.7. The van der Waals surface area contributed by atoms with Crippen molar-refractivity contribution in [3.05, 3.63) is 0 Å². The normalized spacial score (nSPS) is 16.1. The molecule has 0 radical (unpaired) electrons. The Morgan fingerprint density at radius 3 is 2.04 bits per heavy atom. The maximum atomic E-state index is 12.1. The number of nitrogens with two attached hydrogens (primary N) is 1. The first-order valence-corrected chi connectivity index (χ1v) is 8.01. The third-order valence-electron chi connectivity index (χ3n) is 4.01. The van der Waals surface area contributed by atoms with Crippen LogP contribution in [0.2, 0.25) is 0 Å². The molecule has 6 nitrogen and oxygen atoms in total. The van der Waals surface area contributed by atoms with Crippen LogP contribution in [0.25, 0.3) is 0 Å². The van der Waals surface area contributed by atoms with Crippen molar-refractivity contribution in [1.82, 2.24) is 14.7 Å². The minimum absolute atomic E-state index is 0. The van der Waals surface area contributed by atoms with E-state index in [1.165, 1.54) is 0 Å². The predicted molar refractivity (Wildman–Crippen MR) is 98.3 cm³/mol. The van der Waals surface area contributed by atoms with Crippen LogP contribution in [0.15, 0.2) is 0 Å². The second-order valence-electron chi connectivity index (χ2n) is 5.74. The smallest absolute Gasteiger partial charge is 0.236 e. The van der Waals surface area contributed by atoms with E-state index < -0.39 is 0 Å². The summed E-state index contributed by atoms with van der Waals surface area (Å²) in [5.74, 6) is 0.360. The van der Waals surface area contributed by atoms with Gasteiger partial charge < -0.3 is 15.5 Å². The molecule has 1 atom stereocenters. The second kappa shape index (κ2) is 12.8. The van der Waals surface area contributed by atoms with Gasteiger partial charge in [0.15, 0.2) is 0 Å². The molecule has 1 aliphatic heterocycles. The van der Waals surface area contributed by atoms with Gasteiger partial charge in [0, 0.05) is 51.7 Å². The Kier molecular flexibility index (Phi) is 13.8. The lowest BCUT2D eigenvalue weighted by Crippen LogP contribution is -2.51. The van der Waals surface area contributed by atoms with Gasteiger partial charge in [0.2, 0.25) is 11.8 Å². The first-order chi connectivity index (χ1) is 9.97. The zero-order valence-electron chi connectivity index (χ0n) is 14.5. The van der Waals surface area contributed by atoms with Crippen molar-refractivity contribution in [2.24, 2.45) is 5.73 Å². The summed E-state index contributed by atoms with van der Waals surface area (Å²) in [5.41, 5.74) is 5.68. The average Bonchev–Trinajstić information content (AvgIpc) is 2.46.